The number of hydrogen-bond donors (Lipinski definition) is 1. The molecule has 16 heavy (non-hydrogen) atoms. The fourth-order valence-electron chi connectivity index (χ4n) is 1.73. The summed E-state index contributed by atoms with van der Waals surface area (Å²) in [4.78, 5) is 0. The van der Waals surface area contributed by atoms with Crippen molar-refractivity contribution < 1.29 is 9.84 Å². The quantitative estimate of drug-likeness (QED) is 0.713. The number of rotatable bonds is 7. The fraction of sp³-hybridized carbons (Fsp3) is 0.571. The van der Waals surface area contributed by atoms with Crippen molar-refractivity contribution in [1.82, 2.24) is 0 Å². The monoisotopic (exact) mass is 222 g/mol. The maximum atomic E-state index is 9.98. The first-order chi connectivity index (χ1) is 7.77. The van der Waals surface area contributed by atoms with Gasteiger partial charge in [0.25, 0.3) is 0 Å². The third kappa shape index (κ3) is 4.23. The Morgan fingerprint density at radius 3 is 2.75 bits per heavy atom. The van der Waals surface area contributed by atoms with Gasteiger partial charge in [0.2, 0.25) is 0 Å². The summed E-state index contributed by atoms with van der Waals surface area (Å²) in [5.41, 5.74) is 0.960. The molecule has 0 spiro atoms. The minimum absolute atomic E-state index is 0.355. The van der Waals surface area contributed by atoms with Crippen LogP contribution in [0.25, 0.3) is 0 Å². The van der Waals surface area contributed by atoms with Gasteiger partial charge in [-0.25, -0.2) is 0 Å². The van der Waals surface area contributed by atoms with E-state index < -0.39 is 0 Å². The van der Waals surface area contributed by atoms with Crippen LogP contribution in [-0.4, -0.2) is 11.7 Å². The standard InChI is InChI=1S/C14H22O2/c1-3-5-6-10-14(15)12-8-7-9-13(11-12)16-4-2/h7-9,11,14-15H,3-6,10H2,1-2H3. The lowest BCUT2D eigenvalue weighted by molar-refractivity contribution is 0.163. The summed E-state index contributed by atoms with van der Waals surface area (Å²) in [6.45, 7) is 4.79. The molecule has 1 unspecified atom stereocenters. The molecule has 1 N–H and O–H groups in total. The van der Waals surface area contributed by atoms with E-state index in [0.717, 1.165) is 24.2 Å². The Balaban J connectivity index is 2.53. The lowest BCUT2D eigenvalue weighted by atomic mass is 10.0. The second-order valence-electron chi connectivity index (χ2n) is 4.02. The number of hydrogen-bond acceptors (Lipinski definition) is 2. The van der Waals surface area contributed by atoms with Crippen molar-refractivity contribution in [2.45, 2.75) is 45.6 Å². The second-order valence-corrected chi connectivity index (χ2v) is 4.02. The van der Waals surface area contributed by atoms with E-state index in [4.69, 9.17) is 4.74 Å². The number of unbranched alkanes of at least 4 members (excludes halogenated alkanes) is 2. The smallest absolute Gasteiger partial charge is 0.119 e. The third-order valence-electron chi connectivity index (χ3n) is 2.63. The summed E-state index contributed by atoms with van der Waals surface area (Å²) in [6.07, 6.45) is 3.93. The maximum Gasteiger partial charge on any atom is 0.119 e. The van der Waals surface area contributed by atoms with Gasteiger partial charge in [0.15, 0.2) is 0 Å². The molecule has 0 amide bonds. The summed E-state index contributed by atoms with van der Waals surface area (Å²) >= 11 is 0. The largest absolute Gasteiger partial charge is 0.494 e. The highest BCUT2D eigenvalue weighted by molar-refractivity contribution is 5.29. The van der Waals surface area contributed by atoms with Crippen LogP contribution in [0.1, 0.15) is 51.2 Å². The van der Waals surface area contributed by atoms with Crippen LogP contribution >= 0.6 is 0 Å². The van der Waals surface area contributed by atoms with Crippen LogP contribution in [0, 0.1) is 0 Å². The van der Waals surface area contributed by atoms with Crippen LogP contribution in [-0.2, 0) is 0 Å². The molecule has 0 bridgehead atoms. The van der Waals surface area contributed by atoms with E-state index in [1.165, 1.54) is 12.8 Å². The van der Waals surface area contributed by atoms with Crippen molar-refractivity contribution in [3.8, 4) is 5.75 Å². The van der Waals surface area contributed by atoms with Gasteiger partial charge in [-0.05, 0) is 31.0 Å². The molecular formula is C14H22O2. The highest BCUT2D eigenvalue weighted by Gasteiger charge is 2.07. The molecule has 0 saturated carbocycles. The van der Waals surface area contributed by atoms with Crippen LogP contribution in [0.2, 0.25) is 0 Å². The summed E-state index contributed by atoms with van der Waals surface area (Å²) < 4.78 is 5.41. The first-order valence-electron chi connectivity index (χ1n) is 6.18. The van der Waals surface area contributed by atoms with E-state index in [9.17, 15) is 5.11 Å². The minimum Gasteiger partial charge on any atom is -0.494 e. The van der Waals surface area contributed by atoms with Gasteiger partial charge in [0.05, 0.1) is 12.7 Å². The number of ether oxygens (including phenoxy) is 1. The molecule has 0 heterocycles. The van der Waals surface area contributed by atoms with Crippen molar-refractivity contribution in [3.63, 3.8) is 0 Å². The van der Waals surface area contributed by atoms with Gasteiger partial charge in [-0.2, -0.15) is 0 Å². The summed E-state index contributed by atoms with van der Waals surface area (Å²) in [7, 11) is 0. The summed E-state index contributed by atoms with van der Waals surface area (Å²) in [5, 5.41) is 9.98. The molecule has 0 fully saturated rings. The van der Waals surface area contributed by atoms with Crippen LogP contribution in [0.5, 0.6) is 5.75 Å². The molecule has 0 aromatic heterocycles. The van der Waals surface area contributed by atoms with Crippen LogP contribution in [0.4, 0.5) is 0 Å². The molecule has 1 rings (SSSR count). The lowest BCUT2D eigenvalue weighted by Crippen LogP contribution is -1.99. The average molecular weight is 222 g/mol. The highest BCUT2D eigenvalue weighted by atomic mass is 16.5. The zero-order chi connectivity index (χ0) is 11.8. The highest BCUT2D eigenvalue weighted by Crippen LogP contribution is 2.23. The predicted molar refractivity (Wildman–Crippen MR) is 66.7 cm³/mol. The predicted octanol–water partition coefficient (Wildman–Crippen LogP) is 3.70. The van der Waals surface area contributed by atoms with Gasteiger partial charge in [0.1, 0.15) is 5.75 Å². The molecule has 90 valence electrons. The van der Waals surface area contributed by atoms with Gasteiger partial charge in [-0.3, -0.25) is 0 Å². The molecule has 1 atom stereocenters. The van der Waals surface area contributed by atoms with Crippen molar-refractivity contribution in [1.29, 1.82) is 0 Å². The van der Waals surface area contributed by atoms with E-state index >= 15 is 0 Å². The molecule has 0 saturated heterocycles. The molecule has 2 nitrogen and oxygen atoms in total. The lowest BCUT2D eigenvalue weighted by Gasteiger charge is -2.12. The molecule has 0 aliphatic rings. The molecule has 0 aliphatic carbocycles. The van der Waals surface area contributed by atoms with Gasteiger partial charge in [-0.15, -0.1) is 0 Å². The second kappa shape index (κ2) is 7.29. The van der Waals surface area contributed by atoms with Gasteiger partial charge < -0.3 is 9.84 Å². The Labute approximate surface area is 98.3 Å². The van der Waals surface area contributed by atoms with Crippen LogP contribution in [0.15, 0.2) is 24.3 Å². The van der Waals surface area contributed by atoms with Crippen molar-refractivity contribution in [2.75, 3.05) is 6.61 Å². The summed E-state index contributed by atoms with van der Waals surface area (Å²) in [6, 6.07) is 7.74. The normalized spacial score (nSPS) is 12.4. The van der Waals surface area contributed by atoms with Crippen molar-refractivity contribution in [3.05, 3.63) is 29.8 Å². The van der Waals surface area contributed by atoms with Crippen LogP contribution in [0.3, 0.4) is 0 Å². The van der Waals surface area contributed by atoms with Crippen molar-refractivity contribution in [2.24, 2.45) is 0 Å². The molecule has 1 aromatic carbocycles. The Bertz CT molecular complexity index is 297. The molecule has 0 radical (unpaired) electrons. The van der Waals surface area contributed by atoms with E-state index in [-0.39, 0.29) is 6.10 Å². The summed E-state index contributed by atoms with van der Waals surface area (Å²) in [5.74, 6) is 0.842. The van der Waals surface area contributed by atoms with E-state index in [1.54, 1.807) is 0 Å². The first-order valence-corrected chi connectivity index (χ1v) is 6.18. The van der Waals surface area contributed by atoms with Gasteiger partial charge >= 0.3 is 0 Å². The zero-order valence-corrected chi connectivity index (χ0v) is 10.3. The number of aliphatic hydroxyl groups is 1. The van der Waals surface area contributed by atoms with Gasteiger partial charge in [-0.1, -0.05) is 38.3 Å². The number of aliphatic hydroxyl groups excluding tert-OH is 1. The van der Waals surface area contributed by atoms with E-state index in [1.807, 2.05) is 31.2 Å². The van der Waals surface area contributed by atoms with Crippen LogP contribution < -0.4 is 4.74 Å². The Morgan fingerprint density at radius 1 is 1.25 bits per heavy atom. The Morgan fingerprint density at radius 2 is 2.06 bits per heavy atom. The van der Waals surface area contributed by atoms with Crippen molar-refractivity contribution >= 4 is 0 Å². The van der Waals surface area contributed by atoms with E-state index in [0.29, 0.717) is 6.61 Å². The maximum absolute atomic E-state index is 9.98. The topological polar surface area (TPSA) is 29.5 Å². The molecule has 2 heteroatoms. The molecule has 1 aromatic rings. The molecular weight excluding hydrogens is 200 g/mol. The fourth-order valence-corrected chi connectivity index (χ4v) is 1.73. The first kappa shape index (κ1) is 13.0. The third-order valence-corrected chi connectivity index (χ3v) is 2.63. The SMILES string of the molecule is CCCCCC(O)c1cccc(OCC)c1. The minimum atomic E-state index is -0.355. The van der Waals surface area contributed by atoms with Gasteiger partial charge in [0, 0.05) is 0 Å². The molecule has 0 aliphatic heterocycles. The Hall–Kier alpha value is -1.02. The zero-order valence-electron chi connectivity index (χ0n) is 10.3. The Kier molecular flexibility index (Phi) is 5.94. The number of benzene rings is 1. The van der Waals surface area contributed by atoms with E-state index in [2.05, 4.69) is 6.92 Å². The average Bonchev–Trinajstić information content (AvgIpc) is 2.30.